The van der Waals surface area contributed by atoms with E-state index in [1.165, 1.54) is 18.3 Å². The lowest BCUT2D eigenvalue weighted by Gasteiger charge is -2.02. The van der Waals surface area contributed by atoms with Crippen molar-refractivity contribution in [3.05, 3.63) is 65.9 Å². The Balaban J connectivity index is 1.77. The summed E-state index contributed by atoms with van der Waals surface area (Å²) in [5.41, 5.74) is 3.40. The van der Waals surface area contributed by atoms with Gasteiger partial charge in [-0.2, -0.15) is 5.10 Å². The number of carbonyl (C=O) groups is 1. The van der Waals surface area contributed by atoms with Crippen LogP contribution in [0.4, 0.5) is 0 Å². The second-order valence-corrected chi connectivity index (χ2v) is 4.80. The summed E-state index contributed by atoms with van der Waals surface area (Å²) in [5, 5.41) is 24.0. The second-order valence-electron chi connectivity index (χ2n) is 4.80. The Morgan fingerprint density at radius 1 is 1.00 bits per heavy atom. The topological polar surface area (TPSA) is 94.8 Å². The third-order valence-electron chi connectivity index (χ3n) is 3.23. The van der Waals surface area contributed by atoms with Crippen molar-refractivity contribution in [2.45, 2.75) is 0 Å². The first-order valence-electron chi connectivity index (χ1n) is 6.85. The van der Waals surface area contributed by atoms with Crippen LogP contribution in [0, 0.1) is 0 Å². The molecule has 0 saturated heterocycles. The lowest BCUT2D eigenvalue weighted by atomic mass is 10.2. The van der Waals surface area contributed by atoms with Crippen molar-refractivity contribution in [3.8, 4) is 11.5 Å². The number of pyridine rings is 1. The number of aromatic nitrogens is 1. The molecule has 3 rings (SSSR count). The number of para-hydroxylation sites is 2. The van der Waals surface area contributed by atoms with Gasteiger partial charge in [0.1, 0.15) is 17.0 Å². The molecule has 0 aliphatic carbocycles. The molecule has 6 heteroatoms. The molecule has 2 aromatic carbocycles. The highest BCUT2D eigenvalue weighted by Crippen LogP contribution is 2.21. The van der Waals surface area contributed by atoms with E-state index in [1.54, 1.807) is 36.4 Å². The fraction of sp³-hybridized carbons (Fsp3) is 0. The van der Waals surface area contributed by atoms with Gasteiger partial charge in [0.15, 0.2) is 0 Å². The third kappa shape index (κ3) is 3.11. The van der Waals surface area contributed by atoms with Crippen molar-refractivity contribution in [2.24, 2.45) is 5.10 Å². The summed E-state index contributed by atoms with van der Waals surface area (Å²) in [7, 11) is 0. The number of nitrogens with one attached hydrogen (secondary N) is 1. The van der Waals surface area contributed by atoms with E-state index in [0.717, 1.165) is 5.39 Å². The van der Waals surface area contributed by atoms with E-state index in [1.807, 2.05) is 6.07 Å². The Labute approximate surface area is 131 Å². The number of benzene rings is 2. The normalized spacial score (nSPS) is 11.0. The Bertz CT molecular complexity index is 906. The highest BCUT2D eigenvalue weighted by molar-refractivity contribution is 5.97. The largest absolute Gasteiger partial charge is 0.507 e. The first-order chi connectivity index (χ1) is 11.1. The SMILES string of the molecule is O=C(N/N=C/c1ccc2cccc(O)c2n1)c1ccccc1O. The van der Waals surface area contributed by atoms with Crippen LogP contribution in [0.3, 0.4) is 0 Å². The predicted octanol–water partition coefficient (Wildman–Crippen LogP) is 2.41. The van der Waals surface area contributed by atoms with Gasteiger partial charge in [-0.15, -0.1) is 0 Å². The molecule has 1 heterocycles. The van der Waals surface area contributed by atoms with Crippen LogP contribution in [0.2, 0.25) is 0 Å². The fourth-order valence-electron chi connectivity index (χ4n) is 2.10. The van der Waals surface area contributed by atoms with Gasteiger partial charge < -0.3 is 10.2 Å². The summed E-state index contributed by atoms with van der Waals surface area (Å²) in [6.45, 7) is 0. The number of amides is 1. The van der Waals surface area contributed by atoms with Gasteiger partial charge in [0.05, 0.1) is 17.5 Å². The van der Waals surface area contributed by atoms with Crippen LogP contribution in [0.1, 0.15) is 16.1 Å². The van der Waals surface area contributed by atoms with E-state index in [0.29, 0.717) is 11.2 Å². The first-order valence-corrected chi connectivity index (χ1v) is 6.85. The number of hydrazone groups is 1. The van der Waals surface area contributed by atoms with Gasteiger partial charge in [-0.1, -0.05) is 30.3 Å². The molecule has 0 aliphatic rings. The molecule has 0 radical (unpaired) electrons. The van der Waals surface area contributed by atoms with Crippen molar-refractivity contribution < 1.29 is 15.0 Å². The Morgan fingerprint density at radius 3 is 2.61 bits per heavy atom. The van der Waals surface area contributed by atoms with Gasteiger partial charge in [-0.25, -0.2) is 10.4 Å². The van der Waals surface area contributed by atoms with Gasteiger partial charge in [0.2, 0.25) is 0 Å². The van der Waals surface area contributed by atoms with E-state index in [-0.39, 0.29) is 17.1 Å². The van der Waals surface area contributed by atoms with Crippen LogP contribution < -0.4 is 5.43 Å². The fourth-order valence-corrected chi connectivity index (χ4v) is 2.10. The van der Waals surface area contributed by atoms with Crippen LogP contribution in [0.15, 0.2) is 59.7 Å². The number of hydrogen-bond acceptors (Lipinski definition) is 5. The van der Waals surface area contributed by atoms with Crippen LogP contribution in [-0.4, -0.2) is 27.3 Å². The smallest absolute Gasteiger partial charge is 0.275 e. The van der Waals surface area contributed by atoms with Gasteiger partial charge in [-0.05, 0) is 24.3 Å². The molecule has 3 aromatic rings. The van der Waals surface area contributed by atoms with Crippen molar-refractivity contribution in [1.82, 2.24) is 10.4 Å². The molecule has 0 bridgehead atoms. The number of aromatic hydroxyl groups is 2. The quantitative estimate of drug-likeness (QED) is 0.511. The van der Waals surface area contributed by atoms with Gasteiger partial charge in [0, 0.05) is 5.39 Å². The molecule has 6 nitrogen and oxygen atoms in total. The molecular formula is C17H13N3O3. The number of hydrogen-bond donors (Lipinski definition) is 3. The average Bonchev–Trinajstić information content (AvgIpc) is 2.56. The Hall–Kier alpha value is -3.41. The van der Waals surface area contributed by atoms with Crippen LogP contribution in [-0.2, 0) is 0 Å². The minimum absolute atomic E-state index is 0.0796. The van der Waals surface area contributed by atoms with E-state index in [4.69, 9.17) is 0 Å². The summed E-state index contributed by atoms with van der Waals surface area (Å²) < 4.78 is 0. The average molecular weight is 307 g/mol. The maximum atomic E-state index is 11.9. The summed E-state index contributed by atoms with van der Waals surface area (Å²) in [6.07, 6.45) is 1.36. The van der Waals surface area contributed by atoms with Crippen LogP contribution >= 0.6 is 0 Å². The summed E-state index contributed by atoms with van der Waals surface area (Å²) >= 11 is 0. The number of phenolic OH excluding ortho intramolecular Hbond substituents is 2. The summed E-state index contributed by atoms with van der Waals surface area (Å²) in [5.74, 6) is -0.562. The summed E-state index contributed by atoms with van der Waals surface area (Å²) in [6, 6.07) is 14.8. The molecule has 0 aliphatic heterocycles. The molecule has 1 aromatic heterocycles. The second kappa shape index (κ2) is 6.15. The Morgan fingerprint density at radius 2 is 1.78 bits per heavy atom. The van der Waals surface area contributed by atoms with Gasteiger partial charge in [-0.3, -0.25) is 4.79 Å². The monoisotopic (exact) mass is 307 g/mol. The minimum Gasteiger partial charge on any atom is -0.507 e. The van der Waals surface area contributed by atoms with E-state index in [2.05, 4.69) is 15.5 Å². The van der Waals surface area contributed by atoms with Crippen molar-refractivity contribution in [3.63, 3.8) is 0 Å². The molecule has 3 N–H and O–H groups in total. The van der Waals surface area contributed by atoms with Crippen molar-refractivity contribution in [2.75, 3.05) is 0 Å². The Kier molecular flexibility index (Phi) is 3.88. The number of fused-ring (bicyclic) bond motifs is 1. The number of nitrogens with zero attached hydrogens (tertiary/aromatic N) is 2. The first kappa shape index (κ1) is 14.5. The summed E-state index contributed by atoms with van der Waals surface area (Å²) in [4.78, 5) is 16.1. The van der Waals surface area contributed by atoms with Crippen LogP contribution in [0.25, 0.3) is 10.9 Å². The number of phenols is 2. The molecule has 23 heavy (non-hydrogen) atoms. The lowest BCUT2D eigenvalue weighted by Crippen LogP contribution is -2.17. The van der Waals surface area contributed by atoms with Crippen molar-refractivity contribution in [1.29, 1.82) is 0 Å². The molecule has 0 unspecified atom stereocenters. The van der Waals surface area contributed by atoms with E-state index in [9.17, 15) is 15.0 Å². The molecule has 0 spiro atoms. The molecule has 1 amide bonds. The van der Waals surface area contributed by atoms with E-state index >= 15 is 0 Å². The number of carbonyl (C=O) groups excluding carboxylic acids is 1. The molecule has 0 saturated carbocycles. The highest BCUT2D eigenvalue weighted by atomic mass is 16.3. The lowest BCUT2D eigenvalue weighted by molar-refractivity contribution is 0.0952. The zero-order chi connectivity index (χ0) is 16.2. The number of rotatable bonds is 3. The molecule has 0 fully saturated rings. The maximum Gasteiger partial charge on any atom is 0.275 e. The highest BCUT2D eigenvalue weighted by Gasteiger charge is 2.08. The zero-order valence-electron chi connectivity index (χ0n) is 12.0. The van der Waals surface area contributed by atoms with Gasteiger partial charge in [0.25, 0.3) is 5.91 Å². The van der Waals surface area contributed by atoms with E-state index < -0.39 is 5.91 Å². The maximum absolute atomic E-state index is 11.9. The predicted molar refractivity (Wildman–Crippen MR) is 86.6 cm³/mol. The third-order valence-corrected chi connectivity index (χ3v) is 3.23. The minimum atomic E-state index is -0.525. The van der Waals surface area contributed by atoms with Gasteiger partial charge >= 0.3 is 0 Å². The van der Waals surface area contributed by atoms with Crippen molar-refractivity contribution >= 4 is 23.0 Å². The standard InChI is InChI=1S/C17H13N3O3/c21-14-6-2-1-5-13(14)17(23)20-18-10-12-9-8-11-4-3-7-15(22)16(11)19-12/h1-10,21-22H,(H,20,23)/b18-10+. The molecular weight excluding hydrogens is 294 g/mol. The van der Waals surface area contributed by atoms with Crippen LogP contribution in [0.5, 0.6) is 11.5 Å². The molecule has 114 valence electrons. The zero-order valence-corrected chi connectivity index (χ0v) is 12.0. The molecule has 0 atom stereocenters.